The minimum Gasteiger partial charge on any atom is -0.377 e. The number of rotatable bonds is 3. The highest BCUT2D eigenvalue weighted by atomic mass is 127. The Morgan fingerprint density at radius 3 is 2.93 bits per heavy atom. The number of nitrogens with zero attached hydrogens (tertiary/aromatic N) is 3. The molecular weight excluding hydrogens is 489 g/mol. The van der Waals surface area contributed by atoms with Crippen molar-refractivity contribution in [1.82, 2.24) is 15.6 Å². The number of halogens is 2. The zero-order valence-corrected chi connectivity index (χ0v) is 19.3. The fourth-order valence-electron chi connectivity index (χ4n) is 5.65. The summed E-state index contributed by atoms with van der Waals surface area (Å²) in [5.74, 6) is 2.46. The van der Waals surface area contributed by atoms with E-state index in [1.165, 1.54) is 25.7 Å². The molecule has 4 aliphatic rings. The smallest absolute Gasteiger partial charge is 0.191 e. The molecule has 0 bridgehead atoms. The summed E-state index contributed by atoms with van der Waals surface area (Å²) in [7, 11) is 1.87. The number of hydrogen-bond acceptors (Lipinski definition) is 4. The maximum absolute atomic E-state index is 6.31. The van der Waals surface area contributed by atoms with Crippen LogP contribution in [0.3, 0.4) is 0 Å². The fourth-order valence-corrected chi connectivity index (χ4v) is 5.89. The summed E-state index contributed by atoms with van der Waals surface area (Å²) in [6.07, 6.45) is 8.43. The van der Waals surface area contributed by atoms with Crippen molar-refractivity contribution < 1.29 is 4.74 Å². The Labute approximate surface area is 188 Å². The molecule has 28 heavy (non-hydrogen) atoms. The lowest BCUT2D eigenvalue weighted by Gasteiger charge is -2.63. The molecule has 0 radical (unpaired) electrons. The standard InChI is InChI=1S/C20H28ClN5O.HI/c1-22-19(25-16-14-6-11-27-17(14)20(16)7-3-8-20)24-13-5-10-26(12-13)18-15(21)4-2-9-23-18;/h2,4,9,13-14,16-17H,3,5-8,10-12H2,1H3,(H2,22,24,25);1H. The first kappa shape index (κ1) is 20.5. The van der Waals surface area contributed by atoms with Gasteiger partial charge in [-0.15, -0.1) is 24.0 Å². The summed E-state index contributed by atoms with van der Waals surface area (Å²) in [6, 6.07) is 4.63. The molecule has 154 valence electrons. The summed E-state index contributed by atoms with van der Waals surface area (Å²) in [5.41, 5.74) is 0.363. The number of pyridine rings is 1. The SMILES string of the molecule is CN=C(NC1CCN(c2ncccc2Cl)C1)NC1C2CCOC2C12CCC2.I. The van der Waals surface area contributed by atoms with Crippen molar-refractivity contribution in [3.63, 3.8) is 0 Å². The number of guanidine groups is 1. The van der Waals surface area contributed by atoms with Crippen LogP contribution in [0.4, 0.5) is 5.82 Å². The maximum Gasteiger partial charge on any atom is 0.191 e. The number of hydrogen-bond donors (Lipinski definition) is 2. The van der Waals surface area contributed by atoms with Crippen molar-refractivity contribution in [3.05, 3.63) is 23.4 Å². The average Bonchev–Trinajstić information content (AvgIpc) is 3.26. The van der Waals surface area contributed by atoms with Gasteiger partial charge in [-0.05, 0) is 37.8 Å². The molecule has 1 aromatic heterocycles. The Kier molecular flexibility index (Phi) is 5.95. The van der Waals surface area contributed by atoms with Gasteiger partial charge in [-0.1, -0.05) is 18.0 Å². The van der Waals surface area contributed by atoms with Gasteiger partial charge in [0.1, 0.15) is 5.82 Å². The fraction of sp³-hybridized carbons (Fsp3) is 0.700. The van der Waals surface area contributed by atoms with Gasteiger partial charge < -0.3 is 20.3 Å². The van der Waals surface area contributed by atoms with E-state index in [0.717, 1.165) is 37.9 Å². The van der Waals surface area contributed by atoms with Crippen LogP contribution in [-0.2, 0) is 4.74 Å². The lowest BCUT2D eigenvalue weighted by molar-refractivity contribution is -0.171. The number of nitrogens with one attached hydrogen (secondary N) is 2. The summed E-state index contributed by atoms with van der Waals surface area (Å²) in [6.45, 7) is 2.77. The molecule has 2 saturated heterocycles. The molecule has 2 aliphatic carbocycles. The molecule has 4 unspecified atom stereocenters. The number of aromatic nitrogens is 1. The monoisotopic (exact) mass is 517 g/mol. The predicted octanol–water partition coefficient (Wildman–Crippen LogP) is 3.05. The second-order valence-electron chi connectivity index (χ2n) is 8.41. The van der Waals surface area contributed by atoms with Gasteiger partial charge >= 0.3 is 0 Å². The highest BCUT2D eigenvalue weighted by molar-refractivity contribution is 14.0. The van der Waals surface area contributed by atoms with Crippen molar-refractivity contribution in [2.24, 2.45) is 16.3 Å². The van der Waals surface area contributed by atoms with Gasteiger partial charge in [-0.25, -0.2) is 4.98 Å². The summed E-state index contributed by atoms with van der Waals surface area (Å²) in [5, 5.41) is 8.11. The van der Waals surface area contributed by atoms with Crippen LogP contribution in [0.5, 0.6) is 0 Å². The molecule has 5 rings (SSSR count). The van der Waals surface area contributed by atoms with Crippen molar-refractivity contribution in [2.75, 3.05) is 31.6 Å². The minimum atomic E-state index is 0. The quantitative estimate of drug-likeness (QED) is 0.367. The van der Waals surface area contributed by atoms with Gasteiger partial charge in [0.2, 0.25) is 0 Å². The second kappa shape index (κ2) is 8.14. The lowest BCUT2D eigenvalue weighted by atomic mass is 9.46. The third kappa shape index (κ3) is 3.27. The van der Waals surface area contributed by atoms with E-state index < -0.39 is 0 Å². The Hall–Kier alpha value is -0.800. The van der Waals surface area contributed by atoms with Crippen molar-refractivity contribution >= 4 is 47.4 Å². The molecule has 2 saturated carbocycles. The van der Waals surface area contributed by atoms with Gasteiger partial charge in [-0.2, -0.15) is 0 Å². The van der Waals surface area contributed by atoms with Crippen LogP contribution in [0.25, 0.3) is 0 Å². The first-order valence-electron chi connectivity index (χ1n) is 10.2. The van der Waals surface area contributed by atoms with E-state index in [0.29, 0.717) is 34.5 Å². The van der Waals surface area contributed by atoms with Crippen LogP contribution in [0.2, 0.25) is 5.02 Å². The number of ether oxygens (including phenoxy) is 1. The zero-order valence-electron chi connectivity index (χ0n) is 16.2. The molecule has 0 aromatic carbocycles. The van der Waals surface area contributed by atoms with Gasteiger partial charge in [-0.3, -0.25) is 4.99 Å². The van der Waals surface area contributed by atoms with Crippen LogP contribution >= 0.6 is 35.6 Å². The summed E-state index contributed by atoms with van der Waals surface area (Å²) >= 11 is 6.31. The molecule has 1 aromatic rings. The Balaban J connectivity index is 0.00000192. The summed E-state index contributed by atoms with van der Waals surface area (Å²) in [4.78, 5) is 11.2. The third-order valence-corrected chi connectivity index (χ3v) is 7.41. The Morgan fingerprint density at radius 1 is 1.36 bits per heavy atom. The highest BCUT2D eigenvalue weighted by Crippen LogP contribution is 2.62. The van der Waals surface area contributed by atoms with E-state index in [9.17, 15) is 0 Å². The predicted molar refractivity (Wildman–Crippen MR) is 123 cm³/mol. The van der Waals surface area contributed by atoms with Crippen LogP contribution < -0.4 is 15.5 Å². The molecule has 2 aliphatic heterocycles. The second-order valence-corrected chi connectivity index (χ2v) is 8.82. The van der Waals surface area contributed by atoms with Gasteiger partial charge in [0.15, 0.2) is 5.96 Å². The van der Waals surface area contributed by atoms with Crippen LogP contribution in [0.1, 0.15) is 32.1 Å². The van der Waals surface area contributed by atoms with E-state index in [1.807, 2.05) is 19.2 Å². The van der Waals surface area contributed by atoms with E-state index in [2.05, 4.69) is 25.5 Å². The molecule has 4 atom stereocenters. The third-order valence-electron chi connectivity index (χ3n) is 7.12. The van der Waals surface area contributed by atoms with Crippen molar-refractivity contribution in [1.29, 1.82) is 0 Å². The lowest BCUT2D eigenvalue weighted by Crippen LogP contribution is -2.72. The largest absolute Gasteiger partial charge is 0.377 e. The topological polar surface area (TPSA) is 61.8 Å². The Bertz CT molecular complexity index is 743. The number of anilines is 1. The molecule has 0 amide bonds. The first-order valence-corrected chi connectivity index (χ1v) is 10.6. The molecule has 2 N–H and O–H groups in total. The van der Waals surface area contributed by atoms with Crippen LogP contribution in [-0.4, -0.2) is 55.9 Å². The molecule has 3 heterocycles. The zero-order chi connectivity index (χ0) is 18.4. The highest BCUT2D eigenvalue weighted by Gasteiger charge is 2.66. The van der Waals surface area contributed by atoms with E-state index >= 15 is 0 Å². The molecule has 6 nitrogen and oxygen atoms in total. The van der Waals surface area contributed by atoms with E-state index in [-0.39, 0.29) is 24.0 Å². The minimum absolute atomic E-state index is 0. The number of aliphatic imine (C=N–C) groups is 1. The van der Waals surface area contributed by atoms with Gasteiger partial charge in [0.25, 0.3) is 0 Å². The molecule has 4 fully saturated rings. The van der Waals surface area contributed by atoms with Crippen molar-refractivity contribution in [3.8, 4) is 0 Å². The molecule has 8 heteroatoms. The normalized spacial score (nSPS) is 32.9. The average molecular weight is 518 g/mol. The van der Waals surface area contributed by atoms with Gasteiger partial charge in [0.05, 0.1) is 11.1 Å². The van der Waals surface area contributed by atoms with Crippen LogP contribution in [0, 0.1) is 11.3 Å². The number of fused-ring (bicyclic) bond motifs is 2. The van der Waals surface area contributed by atoms with E-state index in [1.54, 1.807) is 6.20 Å². The first-order chi connectivity index (χ1) is 13.2. The van der Waals surface area contributed by atoms with Gasteiger partial charge in [0, 0.05) is 56.4 Å². The maximum atomic E-state index is 6.31. The molecule has 1 spiro atoms. The Morgan fingerprint density at radius 2 is 2.21 bits per heavy atom. The van der Waals surface area contributed by atoms with E-state index in [4.69, 9.17) is 16.3 Å². The molecular formula is C20H29ClIN5O. The van der Waals surface area contributed by atoms with Crippen LogP contribution in [0.15, 0.2) is 23.3 Å². The summed E-state index contributed by atoms with van der Waals surface area (Å²) < 4.78 is 6.04. The van der Waals surface area contributed by atoms with Crippen molar-refractivity contribution in [2.45, 2.75) is 50.3 Å².